The van der Waals surface area contributed by atoms with Crippen molar-refractivity contribution in [3.05, 3.63) is 106 Å². The number of hydrogen-bond acceptors (Lipinski definition) is 3. The number of thiocarbonyl (C=S) groups is 1. The van der Waals surface area contributed by atoms with E-state index in [9.17, 15) is 0 Å². The van der Waals surface area contributed by atoms with Crippen molar-refractivity contribution in [2.75, 3.05) is 12.0 Å². The number of aromatic nitrogens is 2. The van der Waals surface area contributed by atoms with Crippen LogP contribution in [0.1, 0.15) is 45.9 Å². The van der Waals surface area contributed by atoms with Crippen LogP contribution in [0.2, 0.25) is 5.02 Å². The minimum atomic E-state index is -0.132. The standard InChI is InChI=1S/C29H29ClN4OS/c1-17-12-18(2)14-22(13-17)33-19(3)15-23(20(33)4)28-27(25-8-6-7-11-31-25)32-29(36)34(28)21-9-10-26(35-5)24(30)16-21/h6-16,27-28H,1-5H3,(H,32,36)/t27-,28+/m0/s1. The van der Waals surface area contributed by atoms with Gasteiger partial charge in [-0.1, -0.05) is 23.7 Å². The molecule has 5 nitrogen and oxygen atoms in total. The lowest BCUT2D eigenvalue weighted by molar-refractivity contribution is 0.415. The second-order valence-electron chi connectivity index (χ2n) is 9.32. The van der Waals surface area contributed by atoms with Crippen LogP contribution in [0.3, 0.4) is 0 Å². The molecule has 2 aromatic carbocycles. The molecule has 1 aliphatic heterocycles. The van der Waals surface area contributed by atoms with E-state index >= 15 is 0 Å². The molecule has 4 aromatic rings. The fourth-order valence-corrected chi connectivity index (χ4v) is 5.92. The van der Waals surface area contributed by atoms with Gasteiger partial charge >= 0.3 is 0 Å². The van der Waals surface area contributed by atoms with Gasteiger partial charge in [0.05, 0.1) is 29.9 Å². The number of anilines is 1. The summed E-state index contributed by atoms with van der Waals surface area (Å²) in [5.41, 5.74) is 8.99. The Morgan fingerprint density at radius 3 is 2.33 bits per heavy atom. The number of nitrogens with zero attached hydrogens (tertiary/aromatic N) is 3. The Morgan fingerprint density at radius 2 is 1.69 bits per heavy atom. The van der Waals surface area contributed by atoms with Crippen molar-refractivity contribution in [2.45, 2.75) is 39.8 Å². The number of benzene rings is 2. The molecule has 2 aromatic heterocycles. The van der Waals surface area contributed by atoms with Crippen molar-refractivity contribution in [1.82, 2.24) is 14.9 Å². The molecule has 184 valence electrons. The molecule has 2 atom stereocenters. The van der Waals surface area contributed by atoms with E-state index in [0.717, 1.165) is 22.8 Å². The van der Waals surface area contributed by atoms with Gasteiger partial charge in [-0.15, -0.1) is 0 Å². The maximum atomic E-state index is 6.54. The van der Waals surface area contributed by atoms with E-state index in [2.05, 4.69) is 71.7 Å². The maximum absolute atomic E-state index is 6.54. The van der Waals surface area contributed by atoms with Crippen molar-refractivity contribution >= 4 is 34.6 Å². The summed E-state index contributed by atoms with van der Waals surface area (Å²) >= 11 is 12.4. The largest absolute Gasteiger partial charge is 0.495 e. The second kappa shape index (κ2) is 9.60. The van der Waals surface area contributed by atoms with Crippen molar-refractivity contribution < 1.29 is 4.74 Å². The first kappa shape index (κ1) is 24.3. The summed E-state index contributed by atoms with van der Waals surface area (Å²) in [5.74, 6) is 0.629. The second-order valence-corrected chi connectivity index (χ2v) is 10.1. The van der Waals surface area contributed by atoms with E-state index in [1.165, 1.54) is 22.4 Å². The molecule has 1 fully saturated rings. The van der Waals surface area contributed by atoms with Crippen LogP contribution in [0, 0.1) is 27.7 Å². The number of rotatable bonds is 5. The number of pyridine rings is 1. The van der Waals surface area contributed by atoms with Gasteiger partial charge in [-0.25, -0.2) is 0 Å². The first-order valence-electron chi connectivity index (χ1n) is 11.9. The van der Waals surface area contributed by atoms with E-state index in [1.807, 2.05) is 42.6 Å². The Hall–Kier alpha value is -3.35. The third-order valence-electron chi connectivity index (χ3n) is 6.77. The molecule has 36 heavy (non-hydrogen) atoms. The fraction of sp³-hybridized carbons (Fsp3) is 0.241. The predicted octanol–water partition coefficient (Wildman–Crippen LogP) is 6.95. The smallest absolute Gasteiger partial charge is 0.174 e. The molecule has 0 unspecified atom stereocenters. The summed E-state index contributed by atoms with van der Waals surface area (Å²) in [6, 6.07) is 20.4. The zero-order chi connectivity index (χ0) is 25.6. The maximum Gasteiger partial charge on any atom is 0.174 e. The van der Waals surface area contributed by atoms with Crippen LogP contribution in [0.5, 0.6) is 5.75 Å². The zero-order valence-electron chi connectivity index (χ0n) is 21.0. The van der Waals surface area contributed by atoms with Crippen LogP contribution in [0.4, 0.5) is 5.69 Å². The average Bonchev–Trinajstić information content (AvgIpc) is 3.34. The van der Waals surface area contributed by atoms with E-state index in [4.69, 9.17) is 28.6 Å². The zero-order valence-corrected chi connectivity index (χ0v) is 22.6. The Balaban J connectivity index is 1.69. The highest BCUT2D eigenvalue weighted by Gasteiger charge is 2.42. The summed E-state index contributed by atoms with van der Waals surface area (Å²) < 4.78 is 7.71. The molecular weight excluding hydrogens is 488 g/mol. The highest BCUT2D eigenvalue weighted by atomic mass is 35.5. The van der Waals surface area contributed by atoms with Gasteiger partial charge in [0, 0.05) is 29.0 Å². The molecule has 0 spiro atoms. The van der Waals surface area contributed by atoms with Gasteiger partial charge in [-0.05, 0) is 105 Å². The van der Waals surface area contributed by atoms with Crippen LogP contribution in [-0.2, 0) is 0 Å². The van der Waals surface area contributed by atoms with Gasteiger partial charge in [0.15, 0.2) is 5.11 Å². The number of nitrogens with one attached hydrogen (secondary N) is 1. The van der Waals surface area contributed by atoms with Gasteiger partial charge in [-0.3, -0.25) is 4.98 Å². The third kappa shape index (κ3) is 4.25. The predicted molar refractivity (Wildman–Crippen MR) is 151 cm³/mol. The van der Waals surface area contributed by atoms with Crippen LogP contribution < -0.4 is 15.0 Å². The first-order valence-corrected chi connectivity index (χ1v) is 12.7. The molecule has 7 heteroatoms. The van der Waals surface area contributed by atoms with Crippen LogP contribution >= 0.6 is 23.8 Å². The van der Waals surface area contributed by atoms with Crippen LogP contribution in [-0.4, -0.2) is 21.8 Å². The average molecular weight is 517 g/mol. The van der Waals surface area contributed by atoms with Crippen molar-refractivity contribution in [1.29, 1.82) is 0 Å². The topological polar surface area (TPSA) is 42.3 Å². The Labute approximate surface area is 222 Å². The monoisotopic (exact) mass is 516 g/mol. The molecule has 1 saturated heterocycles. The highest BCUT2D eigenvalue weighted by molar-refractivity contribution is 7.80. The van der Waals surface area contributed by atoms with Gasteiger partial charge < -0.3 is 19.5 Å². The third-order valence-corrected chi connectivity index (χ3v) is 7.38. The molecule has 0 bridgehead atoms. The first-order chi connectivity index (χ1) is 17.3. The lowest BCUT2D eigenvalue weighted by Gasteiger charge is -2.28. The van der Waals surface area contributed by atoms with Gasteiger partial charge in [0.2, 0.25) is 0 Å². The van der Waals surface area contributed by atoms with E-state index in [0.29, 0.717) is 15.9 Å². The molecule has 0 saturated carbocycles. The van der Waals surface area contributed by atoms with E-state index < -0.39 is 0 Å². The summed E-state index contributed by atoms with van der Waals surface area (Å²) in [6.45, 7) is 8.60. The number of halogens is 1. The van der Waals surface area contributed by atoms with E-state index in [1.54, 1.807) is 7.11 Å². The number of aryl methyl sites for hydroxylation is 3. The van der Waals surface area contributed by atoms with Gasteiger partial charge in [0.25, 0.3) is 0 Å². The Kier molecular flexibility index (Phi) is 6.49. The van der Waals surface area contributed by atoms with Gasteiger partial charge in [-0.2, -0.15) is 0 Å². The number of methoxy groups -OCH3 is 1. The van der Waals surface area contributed by atoms with Crippen LogP contribution in [0.25, 0.3) is 5.69 Å². The number of hydrogen-bond donors (Lipinski definition) is 1. The molecule has 0 radical (unpaired) electrons. The normalized spacial score (nSPS) is 17.4. The molecule has 1 aliphatic rings. The quantitative estimate of drug-likeness (QED) is 0.291. The van der Waals surface area contributed by atoms with E-state index in [-0.39, 0.29) is 12.1 Å². The Morgan fingerprint density at radius 1 is 0.944 bits per heavy atom. The molecule has 0 aliphatic carbocycles. The lowest BCUT2D eigenvalue weighted by Crippen LogP contribution is -2.29. The summed E-state index contributed by atoms with van der Waals surface area (Å²) in [6.07, 6.45) is 1.82. The molecule has 3 heterocycles. The minimum absolute atomic E-state index is 0.122. The minimum Gasteiger partial charge on any atom is -0.495 e. The summed E-state index contributed by atoms with van der Waals surface area (Å²) in [5, 5.41) is 4.71. The molecule has 5 rings (SSSR count). The number of ether oxygens (including phenoxy) is 1. The summed E-state index contributed by atoms with van der Waals surface area (Å²) in [7, 11) is 1.62. The lowest BCUT2D eigenvalue weighted by atomic mass is 9.96. The fourth-order valence-electron chi connectivity index (χ4n) is 5.32. The van der Waals surface area contributed by atoms with Crippen molar-refractivity contribution in [3.8, 4) is 11.4 Å². The van der Waals surface area contributed by atoms with Crippen LogP contribution in [0.15, 0.2) is 66.9 Å². The molecule has 1 N–H and O–H groups in total. The molecular formula is C29H29ClN4OS. The molecule has 0 amide bonds. The highest BCUT2D eigenvalue weighted by Crippen LogP contribution is 2.45. The summed E-state index contributed by atoms with van der Waals surface area (Å²) in [4.78, 5) is 6.83. The van der Waals surface area contributed by atoms with Crippen molar-refractivity contribution in [2.24, 2.45) is 0 Å². The Bertz CT molecular complexity index is 1430. The van der Waals surface area contributed by atoms with Gasteiger partial charge in [0.1, 0.15) is 5.75 Å². The SMILES string of the molecule is COc1ccc(N2C(=S)N[C@@H](c3ccccn3)[C@H]2c2cc(C)n(-c3cc(C)cc(C)c3)c2C)cc1Cl. The van der Waals surface area contributed by atoms with Crippen molar-refractivity contribution in [3.63, 3.8) is 0 Å².